The molecule has 0 radical (unpaired) electrons. The monoisotopic (exact) mass is 616 g/mol. The van der Waals surface area contributed by atoms with Gasteiger partial charge >= 0.3 is 6.01 Å². The molecule has 15 nitrogen and oxygen atoms in total. The van der Waals surface area contributed by atoms with Crippen LogP contribution in [-0.2, 0) is 5.66 Å². The van der Waals surface area contributed by atoms with Crippen LogP contribution in [0.2, 0.25) is 0 Å². The number of tetrazole rings is 1. The fourth-order valence-electron chi connectivity index (χ4n) is 5.46. The highest BCUT2D eigenvalue weighted by molar-refractivity contribution is 7.97. The van der Waals surface area contributed by atoms with Crippen LogP contribution in [-0.4, -0.2) is 55.2 Å². The number of nitrogens with one attached hydrogen (secondary N) is 1. The first-order valence-electron chi connectivity index (χ1n) is 13.5. The minimum Gasteiger partial charge on any atom is -0.464 e. The number of furan rings is 1. The third kappa shape index (κ3) is 4.34. The highest BCUT2D eigenvalue weighted by Crippen LogP contribution is 2.59. The summed E-state index contributed by atoms with van der Waals surface area (Å²) in [6, 6.07) is 18.5. The minimum atomic E-state index is -1.47. The molecule has 0 fully saturated rings. The number of anilines is 1. The van der Waals surface area contributed by atoms with Crippen LogP contribution in [0.5, 0.6) is 0 Å². The Morgan fingerprint density at radius 1 is 0.844 bits per heavy atom. The Labute approximate surface area is 258 Å². The average molecular weight is 617 g/mol. The van der Waals surface area contributed by atoms with Crippen LogP contribution in [0.4, 0.5) is 6.01 Å². The zero-order chi connectivity index (χ0) is 30.1. The van der Waals surface area contributed by atoms with Crippen LogP contribution in [0, 0.1) is 0 Å². The Hall–Kier alpha value is -6.16. The van der Waals surface area contributed by atoms with Crippen molar-refractivity contribution in [3.05, 3.63) is 139 Å². The average Bonchev–Trinajstić information content (AvgIpc) is 3.94. The molecule has 0 saturated carbocycles. The number of hydrogen-bond donors (Lipinski definition) is 1. The van der Waals surface area contributed by atoms with Gasteiger partial charge in [0.1, 0.15) is 18.0 Å². The molecule has 0 saturated heterocycles. The number of H-pyrrole nitrogens is 1. The summed E-state index contributed by atoms with van der Waals surface area (Å²) in [7, 11) is 0. The molecule has 6 aromatic heterocycles. The lowest BCUT2D eigenvalue weighted by Crippen LogP contribution is -2.61. The molecular formula is C29H20N12O3S. The van der Waals surface area contributed by atoms with Gasteiger partial charge in [-0.15, -0.1) is 15.3 Å². The number of aromatic nitrogens is 10. The Morgan fingerprint density at radius 3 is 2.47 bits per heavy atom. The minimum absolute atomic E-state index is 0.227. The molecule has 1 aliphatic heterocycles. The molecule has 0 amide bonds. The van der Waals surface area contributed by atoms with Gasteiger partial charge in [0, 0.05) is 28.8 Å². The second-order valence-electron chi connectivity index (χ2n) is 9.57. The number of oxazole rings is 1. The maximum absolute atomic E-state index is 6.32. The smallest absolute Gasteiger partial charge is 0.300 e. The van der Waals surface area contributed by atoms with E-state index < -0.39 is 11.7 Å². The van der Waals surface area contributed by atoms with Crippen LogP contribution in [0.3, 0.4) is 0 Å². The van der Waals surface area contributed by atoms with Crippen molar-refractivity contribution in [1.82, 2.24) is 55.2 Å². The summed E-state index contributed by atoms with van der Waals surface area (Å²) in [6.07, 6.45) is 12.7. The van der Waals surface area contributed by atoms with Gasteiger partial charge in [-0.3, -0.25) is 24.2 Å². The molecule has 2 atom stereocenters. The van der Waals surface area contributed by atoms with Crippen molar-refractivity contribution in [2.24, 2.45) is 0 Å². The van der Waals surface area contributed by atoms with Crippen molar-refractivity contribution in [1.29, 1.82) is 0 Å². The second-order valence-corrected chi connectivity index (χ2v) is 10.6. The first-order chi connectivity index (χ1) is 22.4. The quantitative estimate of drug-likeness (QED) is 0.238. The zero-order valence-corrected chi connectivity index (χ0v) is 23.8. The maximum atomic E-state index is 6.32. The molecule has 0 spiro atoms. The van der Waals surface area contributed by atoms with Gasteiger partial charge < -0.3 is 13.4 Å². The Bertz CT molecular complexity index is 1990. The largest absolute Gasteiger partial charge is 0.464 e. The summed E-state index contributed by atoms with van der Waals surface area (Å²) in [5, 5.41) is 23.6. The molecule has 0 aliphatic carbocycles. The third-order valence-corrected chi connectivity index (χ3v) is 8.25. The molecular weight excluding hydrogens is 596 g/mol. The van der Waals surface area contributed by atoms with E-state index in [4.69, 9.17) is 23.3 Å². The highest BCUT2D eigenvalue weighted by atomic mass is 32.2. The highest BCUT2D eigenvalue weighted by Gasteiger charge is 2.61. The molecule has 45 heavy (non-hydrogen) atoms. The summed E-state index contributed by atoms with van der Waals surface area (Å²) >= 11 is 1.39. The van der Waals surface area contributed by atoms with Crippen LogP contribution in [0.1, 0.15) is 34.7 Å². The van der Waals surface area contributed by atoms with Crippen LogP contribution < -0.4 is 4.90 Å². The van der Waals surface area contributed by atoms with Gasteiger partial charge in [0.2, 0.25) is 11.5 Å². The van der Waals surface area contributed by atoms with Crippen molar-refractivity contribution in [2.75, 3.05) is 4.90 Å². The molecule has 7 aromatic rings. The lowest BCUT2D eigenvalue weighted by Gasteiger charge is -2.54. The molecule has 2 unspecified atom stereocenters. The zero-order valence-electron chi connectivity index (χ0n) is 23.0. The number of benzene rings is 1. The van der Waals surface area contributed by atoms with Crippen molar-refractivity contribution in [3.63, 3.8) is 0 Å². The Morgan fingerprint density at radius 2 is 1.78 bits per heavy atom. The van der Waals surface area contributed by atoms with E-state index in [-0.39, 0.29) is 11.8 Å². The predicted octanol–water partition coefficient (Wildman–Crippen LogP) is 4.39. The third-order valence-electron chi connectivity index (χ3n) is 7.14. The fraction of sp³-hybridized carbons (Fsp3) is 0.0690. The van der Waals surface area contributed by atoms with Crippen molar-refractivity contribution >= 4 is 29.2 Å². The standard InChI is InChI=1S/C29H20N12O3S/c1-2-7-19(8-3-1)45-41-26(21-18-44-39-34-21)24(27-35-37-38-36-27)25(20-9-4-5-11-31-20)40(28-33-14-16-43-28)29(41,23-10-6-15-42-23)22-17-30-12-13-32-22/h1-18,25H,(H,35,36,37,38). The molecule has 7 heterocycles. The lowest BCUT2D eigenvalue weighted by atomic mass is 9.86. The van der Waals surface area contributed by atoms with E-state index in [0.29, 0.717) is 34.1 Å². The van der Waals surface area contributed by atoms with E-state index in [1.165, 1.54) is 24.5 Å². The topological polar surface area (TPSA) is 178 Å². The van der Waals surface area contributed by atoms with E-state index in [1.54, 1.807) is 43.3 Å². The number of rotatable bonds is 8. The number of nitrogens with zero attached hydrogens (tertiary/aromatic N) is 11. The lowest BCUT2D eigenvalue weighted by molar-refractivity contribution is 0.220. The molecule has 16 heteroatoms. The predicted molar refractivity (Wildman–Crippen MR) is 157 cm³/mol. The SMILES string of the molecule is c1ccc(SN2C(c3conn3)=C(c3nn[nH]n3)C(c3ccccn3)N(c3ncco3)C2(c2cnccn2)c2ccco2)cc1. The molecule has 8 rings (SSSR count). The Kier molecular flexibility index (Phi) is 6.56. The van der Waals surface area contributed by atoms with Crippen LogP contribution in [0.15, 0.2) is 129 Å². The van der Waals surface area contributed by atoms with Crippen molar-refractivity contribution in [3.8, 4) is 0 Å². The Balaban J connectivity index is 1.59. The fourth-order valence-corrected chi connectivity index (χ4v) is 6.63. The summed E-state index contributed by atoms with van der Waals surface area (Å²) < 4.78 is 19.8. The molecule has 1 aliphatic rings. The van der Waals surface area contributed by atoms with E-state index in [1.807, 2.05) is 63.8 Å². The van der Waals surface area contributed by atoms with Crippen LogP contribution >= 0.6 is 11.9 Å². The van der Waals surface area contributed by atoms with Crippen molar-refractivity contribution in [2.45, 2.75) is 16.6 Å². The summed E-state index contributed by atoms with van der Waals surface area (Å²) in [5.41, 5.74) is 1.06. The van der Waals surface area contributed by atoms with E-state index in [0.717, 1.165) is 4.90 Å². The van der Waals surface area contributed by atoms with Gasteiger partial charge in [0.05, 0.1) is 35.6 Å². The van der Waals surface area contributed by atoms with Crippen molar-refractivity contribution < 1.29 is 13.4 Å². The van der Waals surface area contributed by atoms with Gasteiger partial charge in [-0.05, 0) is 53.6 Å². The summed E-state index contributed by atoms with van der Waals surface area (Å²) in [6.45, 7) is 0. The van der Waals surface area contributed by atoms with Crippen LogP contribution in [0.25, 0.3) is 11.3 Å². The van der Waals surface area contributed by atoms with Gasteiger partial charge in [-0.2, -0.15) is 5.21 Å². The van der Waals surface area contributed by atoms with Gasteiger partial charge in [-0.1, -0.05) is 24.3 Å². The first-order valence-corrected chi connectivity index (χ1v) is 14.3. The van der Waals surface area contributed by atoms with Gasteiger partial charge in [0.15, 0.2) is 17.7 Å². The normalized spacial score (nSPS) is 18.4. The number of hydrogen-bond acceptors (Lipinski definition) is 15. The summed E-state index contributed by atoms with van der Waals surface area (Å²) in [4.78, 5) is 21.6. The molecule has 1 aromatic carbocycles. The van der Waals surface area contributed by atoms with E-state index in [9.17, 15) is 0 Å². The first kappa shape index (κ1) is 26.5. The van der Waals surface area contributed by atoms with Gasteiger partial charge in [-0.25, -0.2) is 4.98 Å². The molecule has 0 bridgehead atoms. The molecule has 1 N–H and O–H groups in total. The van der Waals surface area contributed by atoms with Gasteiger partial charge in [0.25, 0.3) is 0 Å². The van der Waals surface area contributed by atoms with E-state index in [2.05, 4.69) is 41.0 Å². The van der Waals surface area contributed by atoms with E-state index >= 15 is 0 Å². The maximum Gasteiger partial charge on any atom is 0.300 e. The molecule has 220 valence electrons. The number of pyridine rings is 1. The second kappa shape index (κ2) is 11.2. The number of aromatic amines is 1. The summed E-state index contributed by atoms with van der Waals surface area (Å²) in [5.74, 6) is 0.734.